The molecule has 2 aromatic rings. The van der Waals surface area contributed by atoms with Crippen LogP contribution in [0, 0.1) is 5.82 Å². The molecule has 0 saturated heterocycles. The van der Waals surface area contributed by atoms with Crippen LogP contribution in [-0.4, -0.2) is 9.97 Å². The van der Waals surface area contributed by atoms with Gasteiger partial charge >= 0.3 is 0 Å². The topological polar surface area (TPSA) is 50.9 Å². The molecule has 0 fully saturated rings. The average molecular weight is 282 g/mol. The van der Waals surface area contributed by atoms with Crippen LogP contribution in [0.1, 0.15) is 5.56 Å². The number of benzene rings is 1. The van der Waals surface area contributed by atoms with Gasteiger partial charge in [0.25, 0.3) is 0 Å². The van der Waals surface area contributed by atoms with Gasteiger partial charge in [0, 0.05) is 11.8 Å². The Morgan fingerprint density at radius 3 is 2.78 bits per heavy atom. The van der Waals surface area contributed by atoms with Crippen LogP contribution in [0.2, 0.25) is 5.02 Å². The molecule has 2 rings (SSSR count). The Morgan fingerprint density at radius 1 is 1.33 bits per heavy atom. The summed E-state index contributed by atoms with van der Waals surface area (Å²) in [4.78, 5) is 4.38. The zero-order valence-electron chi connectivity index (χ0n) is 9.15. The number of nitrogens with zero attached hydrogens (tertiary/aromatic N) is 1. The van der Waals surface area contributed by atoms with Gasteiger partial charge in [-0.05, 0) is 30.3 Å². The van der Waals surface area contributed by atoms with Gasteiger partial charge in [-0.15, -0.1) is 0 Å². The zero-order chi connectivity index (χ0) is 13.1. The van der Waals surface area contributed by atoms with Crippen molar-refractivity contribution in [1.82, 2.24) is 4.98 Å². The molecule has 0 radical (unpaired) electrons. The van der Waals surface area contributed by atoms with Crippen molar-refractivity contribution >= 4 is 40.3 Å². The smallest absolute Gasteiger partial charge is 0.131 e. The number of nitrogens with two attached hydrogens (primary N) is 1. The monoisotopic (exact) mass is 281 g/mol. The van der Waals surface area contributed by atoms with Crippen molar-refractivity contribution in [2.24, 2.45) is 5.73 Å². The number of thiocarbonyl (C=S) groups is 1. The number of nitrogens with one attached hydrogen (secondary N) is 1. The van der Waals surface area contributed by atoms with Crippen molar-refractivity contribution in [3.05, 3.63) is 52.9 Å². The number of aromatic nitrogens is 1. The number of hydrogen-bond acceptors (Lipinski definition) is 3. The van der Waals surface area contributed by atoms with E-state index in [-0.39, 0.29) is 10.0 Å². The Labute approximate surface area is 114 Å². The van der Waals surface area contributed by atoms with Crippen molar-refractivity contribution < 1.29 is 4.39 Å². The Morgan fingerprint density at radius 2 is 2.11 bits per heavy atom. The zero-order valence-corrected chi connectivity index (χ0v) is 10.7. The highest BCUT2D eigenvalue weighted by Gasteiger charge is 2.04. The molecule has 0 saturated carbocycles. The van der Waals surface area contributed by atoms with Crippen LogP contribution in [0.15, 0.2) is 36.5 Å². The maximum atomic E-state index is 12.9. The maximum Gasteiger partial charge on any atom is 0.131 e. The van der Waals surface area contributed by atoms with E-state index in [0.29, 0.717) is 17.1 Å². The number of rotatable bonds is 3. The maximum absolute atomic E-state index is 12.9. The predicted octanol–water partition coefficient (Wildman–Crippen LogP) is 3.25. The van der Waals surface area contributed by atoms with E-state index < -0.39 is 5.82 Å². The minimum absolute atomic E-state index is 0.275. The summed E-state index contributed by atoms with van der Waals surface area (Å²) in [5, 5.41) is 3.25. The summed E-state index contributed by atoms with van der Waals surface area (Å²) >= 11 is 10.8. The lowest BCUT2D eigenvalue weighted by molar-refractivity contribution is 0.628. The largest absolute Gasteiger partial charge is 0.389 e. The molecule has 0 unspecified atom stereocenters. The predicted molar refractivity (Wildman–Crippen MR) is 74.8 cm³/mol. The summed E-state index contributed by atoms with van der Waals surface area (Å²) < 4.78 is 12.9. The lowest BCUT2D eigenvalue weighted by atomic mass is 10.2. The fourth-order valence-electron chi connectivity index (χ4n) is 1.38. The van der Waals surface area contributed by atoms with Crippen LogP contribution in [0.5, 0.6) is 0 Å². The van der Waals surface area contributed by atoms with Crippen LogP contribution in [0.4, 0.5) is 15.9 Å². The Balaban J connectivity index is 2.28. The van der Waals surface area contributed by atoms with Gasteiger partial charge < -0.3 is 11.1 Å². The van der Waals surface area contributed by atoms with E-state index in [1.54, 1.807) is 18.3 Å². The van der Waals surface area contributed by atoms with E-state index in [2.05, 4.69) is 10.3 Å². The third-order valence-electron chi connectivity index (χ3n) is 2.24. The second kappa shape index (κ2) is 5.29. The number of anilines is 2. The molecule has 1 heterocycles. The van der Waals surface area contributed by atoms with Crippen molar-refractivity contribution in [2.75, 3.05) is 5.32 Å². The number of halogens is 2. The number of pyridine rings is 1. The van der Waals surface area contributed by atoms with E-state index in [9.17, 15) is 4.39 Å². The highest BCUT2D eigenvalue weighted by atomic mass is 35.5. The molecule has 0 atom stereocenters. The molecule has 0 aliphatic heterocycles. The van der Waals surface area contributed by atoms with Gasteiger partial charge in [-0.25, -0.2) is 9.37 Å². The lowest BCUT2D eigenvalue weighted by Crippen LogP contribution is -2.09. The molecule has 3 nitrogen and oxygen atoms in total. The first-order valence-corrected chi connectivity index (χ1v) is 5.83. The summed E-state index contributed by atoms with van der Waals surface area (Å²) in [5.74, 6) is 0.143. The van der Waals surface area contributed by atoms with E-state index in [4.69, 9.17) is 29.6 Å². The minimum Gasteiger partial charge on any atom is -0.389 e. The van der Waals surface area contributed by atoms with Crippen LogP contribution in [-0.2, 0) is 0 Å². The number of hydrogen-bond donors (Lipinski definition) is 2. The molecule has 0 aliphatic carbocycles. The molecule has 0 aliphatic rings. The van der Waals surface area contributed by atoms with Gasteiger partial charge in [0.05, 0.1) is 10.7 Å². The quantitative estimate of drug-likeness (QED) is 0.848. The second-order valence-electron chi connectivity index (χ2n) is 3.54. The highest BCUT2D eigenvalue weighted by molar-refractivity contribution is 7.80. The van der Waals surface area contributed by atoms with Crippen LogP contribution in [0.3, 0.4) is 0 Å². The lowest BCUT2D eigenvalue weighted by Gasteiger charge is -2.08. The van der Waals surface area contributed by atoms with Gasteiger partial charge in [0.2, 0.25) is 0 Å². The van der Waals surface area contributed by atoms with Crippen molar-refractivity contribution in [3.8, 4) is 0 Å². The fourth-order valence-corrected chi connectivity index (χ4v) is 1.72. The second-order valence-corrected chi connectivity index (χ2v) is 4.39. The van der Waals surface area contributed by atoms with Gasteiger partial charge in [0.1, 0.15) is 16.6 Å². The summed E-state index contributed by atoms with van der Waals surface area (Å²) in [6.07, 6.45) is 1.58. The first kappa shape index (κ1) is 12.7. The normalized spacial score (nSPS) is 10.1. The van der Waals surface area contributed by atoms with E-state index >= 15 is 0 Å². The summed E-state index contributed by atoms with van der Waals surface area (Å²) in [7, 11) is 0. The van der Waals surface area contributed by atoms with Gasteiger partial charge in [0.15, 0.2) is 0 Å². The third-order valence-corrected chi connectivity index (χ3v) is 2.79. The minimum atomic E-state index is -0.393. The summed E-state index contributed by atoms with van der Waals surface area (Å²) in [6.45, 7) is 0. The highest BCUT2D eigenvalue weighted by Crippen LogP contribution is 2.25. The Bertz CT molecular complexity index is 604. The third kappa shape index (κ3) is 2.94. The van der Waals surface area contributed by atoms with Crippen molar-refractivity contribution in [3.63, 3.8) is 0 Å². The molecule has 1 aromatic carbocycles. The molecular weight excluding hydrogens is 273 g/mol. The van der Waals surface area contributed by atoms with Gasteiger partial charge in [-0.3, -0.25) is 0 Å². The van der Waals surface area contributed by atoms with Crippen molar-refractivity contribution in [2.45, 2.75) is 0 Å². The molecule has 0 spiro atoms. The van der Waals surface area contributed by atoms with Gasteiger partial charge in [-0.1, -0.05) is 23.8 Å². The van der Waals surface area contributed by atoms with Gasteiger partial charge in [-0.2, -0.15) is 0 Å². The first-order chi connectivity index (χ1) is 8.56. The molecule has 1 aromatic heterocycles. The van der Waals surface area contributed by atoms with E-state index in [0.717, 1.165) is 0 Å². The van der Waals surface area contributed by atoms with E-state index in [1.165, 1.54) is 18.2 Å². The summed E-state index contributed by atoms with van der Waals surface area (Å²) in [5.41, 5.74) is 6.78. The fraction of sp³-hybridized carbons (Fsp3) is 0. The summed E-state index contributed by atoms with van der Waals surface area (Å²) in [6, 6.07) is 7.47. The van der Waals surface area contributed by atoms with Crippen molar-refractivity contribution in [1.29, 1.82) is 0 Å². The molecule has 0 bridgehead atoms. The molecule has 6 heteroatoms. The SMILES string of the molecule is NC(=S)c1ccnc(Nc2ccc(F)cc2Cl)c1. The van der Waals surface area contributed by atoms with Crippen LogP contribution >= 0.6 is 23.8 Å². The van der Waals surface area contributed by atoms with Crippen LogP contribution < -0.4 is 11.1 Å². The average Bonchev–Trinajstić information content (AvgIpc) is 2.33. The standard InChI is InChI=1S/C12H9ClFN3S/c13-9-6-8(14)1-2-10(9)17-11-5-7(12(15)18)3-4-16-11/h1-6H,(H2,15,18)(H,16,17). The molecule has 92 valence electrons. The Hall–Kier alpha value is -1.72. The Kier molecular flexibility index (Phi) is 3.74. The van der Waals surface area contributed by atoms with Crippen LogP contribution in [0.25, 0.3) is 0 Å². The molecule has 3 N–H and O–H groups in total. The first-order valence-electron chi connectivity index (χ1n) is 5.04. The molecular formula is C12H9ClFN3S. The molecule has 0 amide bonds. The molecule has 18 heavy (non-hydrogen) atoms. The van der Waals surface area contributed by atoms with E-state index in [1.807, 2.05) is 0 Å².